The number of aryl methyl sites for hydroxylation is 2. The van der Waals surface area contributed by atoms with Gasteiger partial charge in [-0.15, -0.1) is 0 Å². The summed E-state index contributed by atoms with van der Waals surface area (Å²) in [5, 5.41) is 0. The predicted molar refractivity (Wildman–Crippen MR) is 245 cm³/mol. The molecule has 2 fully saturated rings. The van der Waals surface area contributed by atoms with E-state index in [1.165, 1.54) is 0 Å². The Labute approximate surface area is 378 Å². The molecular weight excluding hydrogens is 809 g/mol. The van der Waals surface area contributed by atoms with Crippen LogP contribution in [0.5, 0.6) is 0 Å². The quantitative estimate of drug-likeness (QED) is 0.0534. The molecule has 360 valence electrons. The smallest absolute Gasteiger partial charge is 0.234 e. The Bertz CT molecular complexity index is 1390. The highest BCUT2D eigenvalue weighted by Crippen LogP contribution is 2.32. The van der Waals surface area contributed by atoms with Gasteiger partial charge in [-0.25, -0.2) is 0 Å². The highest BCUT2D eigenvalue weighted by atomic mass is 16.7. The third kappa shape index (κ3) is 18.0. The van der Waals surface area contributed by atoms with Gasteiger partial charge in [-0.05, 0) is 53.4 Å². The van der Waals surface area contributed by atoms with E-state index >= 15 is 0 Å². The number of hydrogen-bond donors (Lipinski definition) is 0. The summed E-state index contributed by atoms with van der Waals surface area (Å²) in [6.45, 7) is 26.0. The average Bonchev–Trinajstić information content (AvgIpc) is 3.31. The van der Waals surface area contributed by atoms with Gasteiger partial charge in [0.2, 0.25) is 23.8 Å². The molecule has 2 aliphatic heterocycles. The van der Waals surface area contributed by atoms with Crippen molar-refractivity contribution in [2.75, 3.05) is 126 Å². The maximum absolute atomic E-state index is 6.34. The Hall–Kier alpha value is -3.10. The molecule has 0 N–H and O–H groups in total. The van der Waals surface area contributed by atoms with Gasteiger partial charge in [-0.3, -0.25) is 9.80 Å². The monoisotopic (exact) mass is 891 g/mol. The molecule has 0 aromatic carbocycles. The van der Waals surface area contributed by atoms with Crippen molar-refractivity contribution in [3.63, 3.8) is 0 Å². The van der Waals surface area contributed by atoms with E-state index in [1.807, 2.05) is 9.80 Å². The molecule has 18 heteroatoms. The molecule has 2 aromatic heterocycles. The Balaban J connectivity index is 1.40. The lowest BCUT2D eigenvalue weighted by atomic mass is 9.90. The second-order valence-electron chi connectivity index (χ2n) is 16.4. The number of aromatic nitrogens is 6. The molecule has 0 bridgehead atoms. The maximum atomic E-state index is 6.34. The molecule has 0 aliphatic carbocycles. The minimum absolute atomic E-state index is 0.295. The van der Waals surface area contributed by atoms with Crippen LogP contribution < -0.4 is 19.6 Å². The average molecular weight is 891 g/mol. The van der Waals surface area contributed by atoms with Gasteiger partial charge in [0.15, 0.2) is 12.6 Å². The van der Waals surface area contributed by atoms with E-state index in [2.05, 4.69) is 65.2 Å². The molecule has 0 saturated carbocycles. The van der Waals surface area contributed by atoms with E-state index in [-0.39, 0.29) is 11.7 Å². The van der Waals surface area contributed by atoms with Crippen LogP contribution in [0.15, 0.2) is 0 Å². The summed E-state index contributed by atoms with van der Waals surface area (Å²) in [5.74, 6) is 3.74. The summed E-state index contributed by atoms with van der Waals surface area (Å²) in [4.78, 5) is 37.5. The zero-order chi connectivity index (χ0) is 45.1. The van der Waals surface area contributed by atoms with Gasteiger partial charge >= 0.3 is 0 Å². The Morgan fingerprint density at radius 1 is 0.429 bits per heavy atom. The molecular formula is C45H82N10O8. The first-order valence-electron chi connectivity index (χ1n) is 24.1. The molecule has 0 atom stereocenters. The van der Waals surface area contributed by atoms with Gasteiger partial charge in [-0.2, -0.15) is 29.9 Å². The fourth-order valence-electron chi connectivity index (χ4n) is 6.84. The van der Waals surface area contributed by atoms with Crippen LogP contribution in [0.2, 0.25) is 0 Å². The fourth-order valence-corrected chi connectivity index (χ4v) is 6.84. The van der Waals surface area contributed by atoms with E-state index in [9.17, 15) is 0 Å². The van der Waals surface area contributed by atoms with E-state index in [1.54, 1.807) is 0 Å². The van der Waals surface area contributed by atoms with Gasteiger partial charge < -0.3 is 47.7 Å². The van der Waals surface area contributed by atoms with Gasteiger partial charge in [-0.1, -0.05) is 53.4 Å². The molecule has 4 rings (SSSR count). The van der Waals surface area contributed by atoms with Crippen molar-refractivity contribution in [1.29, 1.82) is 0 Å². The van der Waals surface area contributed by atoms with Gasteiger partial charge in [0, 0.05) is 78.3 Å². The van der Waals surface area contributed by atoms with Crippen LogP contribution in [-0.4, -0.2) is 148 Å². The van der Waals surface area contributed by atoms with Crippen molar-refractivity contribution < 1.29 is 37.9 Å². The largest absolute Gasteiger partial charge is 0.361 e. The van der Waals surface area contributed by atoms with Crippen molar-refractivity contribution in [2.45, 2.75) is 145 Å². The molecule has 2 saturated heterocycles. The van der Waals surface area contributed by atoms with Crippen LogP contribution >= 0.6 is 0 Å². The second-order valence-corrected chi connectivity index (χ2v) is 16.4. The molecule has 2 aromatic rings. The first-order valence-corrected chi connectivity index (χ1v) is 24.1. The molecule has 4 heterocycles. The standard InChI is InChI=1S/C45H82N10O8/c1-9-17-25-56-33-54(34-57-26-18-10-2)43-48-38(49-44(51-43)55(35-58-27-19-11-3)36-59-28-20-12-4)22-24-40-62-31-45(32-63-40)29-60-39(61-30-45)23-21-37-46-41(52(13-5)14-6)50-42(47-37)53(15-7)16-8/h39-40H,9-36H2,1-8H3. The minimum Gasteiger partial charge on any atom is -0.361 e. The number of rotatable bonds is 34. The zero-order valence-corrected chi connectivity index (χ0v) is 40.2. The minimum atomic E-state index is -0.433. The summed E-state index contributed by atoms with van der Waals surface area (Å²) >= 11 is 0. The topological polar surface area (TPSA) is 164 Å². The lowest BCUT2D eigenvalue weighted by Crippen LogP contribution is -2.52. The van der Waals surface area contributed by atoms with Crippen LogP contribution in [0.3, 0.4) is 0 Å². The normalized spacial score (nSPS) is 18.9. The lowest BCUT2D eigenvalue weighted by molar-refractivity contribution is -0.303. The highest BCUT2D eigenvalue weighted by Gasteiger charge is 2.42. The van der Waals surface area contributed by atoms with Crippen molar-refractivity contribution in [1.82, 2.24) is 29.9 Å². The number of anilines is 4. The summed E-state index contributed by atoms with van der Waals surface area (Å²) in [6.07, 6.45) is 9.56. The number of unbranched alkanes of at least 4 members (excludes halogenated alkanes) is 4. The van der Waals surface area contributed by atoms with Crippen LogP contribution in [0.1, 0.15) is 131 Å². The van der Waals surface area contributed by atoms with Crippen molar-refractivity contribution >= 4 is 23.8 Å². The Morgan fingerprint density at radius 2 is 0.714 bits per heavy atom. The number of hydrogen-bond acceptors (Lipinski definition) is 18. The van der Waals surface area contributed by atoms with Crippen LogP contribution in [0, 0.1) is 5.41 Å². The van der Waals surface area contributed by atoms with Gasteiger partial charge in [0.05, 0.1) is 31.8 Å². The van der Waals surface area contributed by atoms with Crippen molar-refractivity contribution in [3.8, 4) is 0 Å². The molecule has 63 heavy (non-hydrogen) atoms. The van der Waals surface area contributed by atoms with Crippen LogP contribution in [0.25, 0.3) is 0 Å². The summed E-state index contributed by atoms with van der Waals surface area (Å²) in [5.41, 5.74) is -0.383. The third-order valence-electron chi connectivity index (χ3n) is 11.0. The Morgan fingerprint density at radius 3 is 0.984 bits per heavy atom. The van der Waals surface area contributed by atoms with Crippen molar-refractivity contribution in [3.05, 3.63) is 11.6 Å². The summed E-state index contributed by atoms with van der Waals surface area (Å²) in [7, 11) is 0. The molecule has 18 nitrogen and oxygen atoms in total. The summed E-state index contributed by atoms with van der Waals surface area (Å²) in [6, 6.07) is 0. The molecule has 0 amide bonds. The molecule has 1 spiro atoms. The lowest BCUT2D eigenvalue weighted by Gasteiger charge is -2.43. The van der Waals surface area contributed by atoms with Crippen LogP contribution in [0.4, 0.5) is 23.8 Å². The maximum Gasteiger partial charge on any atom is 0.234 e. The van der Waals surface area contributed by atoms with E-state index in [4.69, 9.17) is 67.8 Å². The number of nitrogens with zero attached hydrogens (tertiary/aromatic N) is 10. The highest BCUT2D eigenvalue weighted by molar-refractivity contribution is 5.40. The first kappa shape index (κ1) is 52.5. The molecule has 0 unspecified atom stereocenters. The van der Waals surface area contributed by atoms with Gasteiger partial charge in [0.1, 0.15) is 38.6 Å². The third-order valence-corrected chi connectivity index (χ3v) is 11.0. The first-order chi connectivity index (χ1) is 30.8. The van der Waals surface area contributed by atoms with Gasteiger partial charge in [0.25, 0.3) is 0 Å². The fraction of sp³-hybridized carbons (Fsp3) is 0.867. The van der Waals surface area contributed by atoms with Crippen LogP contribution in [-0.2, 0) is 50.7 Å². The second kappa shape index (κ2) is 30.2. The SMILES string of the molecule is CCCCOCN(COCCCC)c1nc(CCC2OCC3(COC(CCc4nc(N(CC)CC)nc(N(CC)CC)n4)OC3)CO2)nc(N(COCCCC)COCCCC)n1. The van der Waals surface area contributed by atoms with E-state index < -0.39 is 6.29 Å². The molecule has 2 aliphatic rings. The molecule has 0 radical (unpaired) electrons. The predicted octanol–water partition coefficient (Wildman–Crippen LogP) is 6.76. The van der Waals surface area contributed by atoms with Crippen molar-refractivity contribution in [2.24, 2.45) is 5.41 Å². The van der Waals surface area contributed by atoms with E-state index in [0.717, 1.165) is 83.4 Å². The number of ether oxygens (including phenoxy) is 8. The van der Waals surface area contributed by atoms with E-state index in [0.29, 0.717) is 135 Å². The summed E-state index contributed by atoms with van der Waals surface area (Å²) < 4.78 is 49.5. The Kier molecular flexibility index (Phi) is 25.2. The zero-order valence-electron chi connectivity index (χ0n) is 40.2.